The second kappa shape index (κ2) is 5.12. The maximum absolute atomic E-state index is 11.8. The van der Waals surface area contributed by atoms with Gasteiger partial charge in [0.1, 0.15) is 0 Å². The molecule has 0 aliphatic rings. The molecule has 1 amide bonds. The summed E-state index contributed by atoms with van der Waals surface area (Å²) < 4.78 is 22.8. The Morgan fingerprint density at radius 2 is 2.05 bits per heavy atom. The van der Waals surface area contributed by atoms with Crippen LogP contribution in [0.2, 0.25) is 0 Å². The van der Waals surface area contributed by atoms with Crippen molar-refractivity contribution in [1.29, 1.82) is 0 Å². The van der Waals surface area contributed by atoms with Crippen molar-refractivity contribution >= 4 is 33.0 Å². The van der Waals surface area contributed by atoms with Gasteiger partial charge in [0.2, 0.25) is 10.0 Å². The lowest BCUT2D eigenvalue weighted by Crippen LogP contribution is -2.15. The maximum Gasteiger partial charge on any atom is 0.265 e. The number of aryl methyl sites for hydroxylation is 1. The van der Waals surface area contributed by atoms with Crippen LogP contribution in [0.1, 0.15) is 15.2 Å². The summed E-state index contributed by atoms with van der Waals surface area (Å²) in [5.74, 6) is -0.278. The molecule has 0 atom stereocenters. The first-order valence-electron chi connectivity index (χ1n) is 5.36. The van der Waals surface area contributed by atoms with Crippen LogP contribution >= 0.6 is 11.3 Å². The van der Waals surface area contributed by atoms with Crippen molar-refractivity contribution in [2.24, 2.45) is 5.14 Å². The summed E-state index contributed by atoms with van der Waals surface area (Å²) in [6.45, 7) is 1.64. The van der Waals surface area contributed by atoms with E-state index in [0.717, 1.165) is 0 Å². The molecule has 0 unspecified atom stereocenters. The molecule has 0 aliphatic carbocycles. The molecule has 3 N–H and O–H groups in total. The van der Waals surface area contributed by atoms with Crippen molar-refractivity contribution in [3.63, 3.8) is 0 Å². The number of sulfonamides is 1. The predicted molar refractivity (Wildman–Crippen MR) is 74.8 cm³/mol. The fraction of sp³-hybridized carbons (Fsp3) is 0.0833. The Morgan fingerprint density at radius 3 is 2.63 bits per heavy atom. The molecule has 7 heteroatoms. The smallest absolute Gasteiger partial charge is 0.265 e. The Kier molecular flexibility index (Phi) is 3.70. The number of thiophene rings is 1. The second-order valence-corrected chi connectivity index (χ2v) is 6.43. The first-order valence-corrected chi connectivity index (χ1v) is 7.79. The van der Waals surface area contributed by atoms with E-state index in [1.807, 2.05) is 0 Å². The van der Waals surface area contributed by atoms with Gasteiger partial charge in [-0.1, -0.05) is 12.1 Å². The highest BCUT2D eigenvalue weighted by Gasteiger charge is 2.13. The van der Waals surface area contributed by atoms with Gasteiger partial charge in [-0.3, -0.25) is 4.79 Å². The first-order chi connectivity index (χ1) is 8.88. The third-order valence-corrected chi connectivity index (χ3v) is 4.42. The Bertz CT molecular complexity index is 707. The van der Waals surface area contributed by atoms with Crippen molar-refractivity contribution in [2.75, 3.05) is 5.32 Å². The van der Waals surface area contributed by atoms with E-state index in [1.54, 1.807) is 36.6 Å². The van der Waals surface area contributed by atoms with Gasteiger partial charge in [0.15, 0.2) is 0 Å². The highest BCUT2D eigenvalue weighted by Crippen LogP contribution is 2.20. The average molecular weight is 296 g/mol. The minimum atomic E-state index is -3.79. The third kappa shape index (κ3) is 3.19. The van der Waals surface area contributed by atoms with E-state index in [0.29, 0.717) is 16.1 Å². The topological polar surface area (TPSA) is 89.3 Å². The van der Waals surface area contributed by atoms with Gasteiger partial charge in [0.05, 0.1) is 9.77 Å². The van der Waals surface area contributed by atoms with Crippen molar-refractivity contribution in [3.8, 4) is 0 Å². The molecule has 2 aromatic rings. The predicted octanol–water partition coefficient (Wildman–Crippen LogP) is 1.96. The molecular formula is C12H12N2O3S2. The van der Waals surface area contributed by atoms with Crippen molar-refractivity contribution < 1.29 is 13.2 Å². The molecule has 0 radical (unpaired) electrons. The van der Waals surface area contributed by atoms with Gasteiger partial charge < -0.3 is 5.32 Å². The third-order valence-electron chi connectivity index (χ3n) is 2.50. The van der Waals surface area contributed by atoms with E-state index in [2.05, 4.69) is 5.32 Å². The number of hydrogen-bond donors (Lipinski definition) is 2. The second-order valence-electron chi connectivity index (χ2n) is 3.96. The fourth-order valence-electron chi connectivity index (χ4n) is 1.58. The van der Waals surface area contributed by atoms with E-state index < -0.39 is 10.0 Å². The minimum Gasteiger partial charge on any atom is -0.321 e. The average Bonchev–Trinajstić information content (AvgIpc) is 2.83. The molecule has 19 heavy (non-hydrogen) atoms. The van der Waals surface area contributed by atoms with Crippen LogP contribution < -0.4 is 10.5 Å². The van der Waals surface area contributed by atoms with E-state index >= 15 is 0 Å². The molecule has 0 bridgehead atoms. The van der Waals surface area contributed by atoms with E-state index in [4.69, 9.17) is 5.14 Å². The van der Waals surface area contributed by atoms with Gasteiger partial charge in [-0.25, -0.2) is 13.6 Å². The van der Waals surface area contributed by atoms with Gasteiger partial charge in [0, 0.05) is 5.69 Å². The van der Waals surface area contributed by atoms with Crippen LogP contribution in [0.5, 0.6) is 0 Å². The van der Waals surface area contributed by atoms with E-state index in [9.17, 15) is 13.2 Å². The number of anilines is 1. The zero-order chi connectivity index (χ0) is 14.0. The summed E-state index contributed by atoms with van der Waals surface area (Å²) in [7, 11) is -3.79. The van der Waals surface area contributed by atoms with Crippen LogP contribution in [0.25, 0.3) is 0 Å². The number of rotatable bonds is 3. The molecule has 1 aromatic carbocycles. The molecule has 0 saturated heterocycles. The molecular weight excluding hydrogens is 284 g/mol. The minimum absolute atomic E-state index is 0.0106. The highest BCUT2D eigenvalue weighted by atomic mass is 32.2. The van der Waals surface area contributed by atoms with Crippen LogP contribution in [0.3, 0.4) is 0 Å². The standard InChI is InChI=1S/C12H12N2O3S2/c1-8-4-5-9(7-11(8)19(13,16)17)14-12(15)10-3-2-6-18-10/h2-7H,1H3,(H,14,15)(H2,13,16,17). The maximum atomic E-state index is 11.8. The molecule has 100 valence electrons. The first kappa shape index (κ1) is 13.7. The van der Waals surface area contributed by atoms with Gasteiger partial charge in [-0.15, -0.1) is 11.3 Å². The number of carbonyl (C=O) groups is 1. The zero-order valence-electron chi connectivity index (χ0n) is 10.1. The SMILES string of the molecule is Cc1ccc(NC(=O)c2cccs2)cc1S(N)(=O)=O. The molecule has 5 nitrogen and oxygen atoms in total. The fourth-order valence-corrected chi connectivity index (χ4v) is 3.01. The Balaban J connectivity index is 2.30. The van der Waals surface area contributed by atoms with Crippen molar-refractivity contribution in [2.45, 2.75) is 11.8 Å². The monoisotopic (exact) mass is 296 g/mol. The van der Waals surface area contributed by atoms with E-state index in [-0.39, 0.29) is 10.8 Å². The molecule has 0 aliphatic heterocycles. The molecule has 0 fully saturated rings. The van der Waals surface area contributed by atoms with Crippen molar-refractivity contribution in [3.05, 3.63) is 46.2 Å². The zero-order valence-corrected chi connectivity index (χ0v) is 11.7. The number of carbonyl (C=O) groups excluding carboxylic acids is 1. The summed E-state index contributed by atoms with van der Waals surface area (Å²) in [5.41, 5.74) is 0.935. The summed E-state index contributed by atoms with van der Waals surface area (Å²) in [6.07, 6.45) is 0. The molecule has 1 aromatic heterocycles. The van der Waals surface area contributed by atoms with Gasteiger partial charge in [-0.05, 0) is 36.1 Å². The number of nitrogens with one attached hydrogen (secondary N) is 1. The Morgan fingerprint density at radius 1 is 1.32 bits per heavy atom. The number of benzene rings is 1. The lowest BCUT2D eigenvalue weighted by atomic mass is 10.2. The van der Waals surface area contributed by atoms with Crippen LogP contribution in [0, 0.1) is 6.92 Å². The van der Waals surface area contributed by atoms with Gasteiger partial charge in [-0.2, -0.15) is 0 Å². The van der Waals surface area contributed by atoms with E-state index in [1.165, 1.54) is 17.4 Å². The number of primary sulfonamides is 1. The molecule has 1 heterocycles. The lowest BCUT2D eigenvalue weighted by molar-refractivity contribution is 0.103. The largest absolute Gasteiger partial charge is 0.321 e. The molecule has 0 saturated carbocycles. The Labute approximate surface area is 115 Å². The number of hydrogen-bond acceptors (Lipinski definition) is 4. The normalized spacial score (nSPS) is 11.3. The Hall–Kier alpha value is -1.70. The molecule has 0 spiro atoms. The van der Waals surface area contributed by atoms with Crippen LogP contribution in [0.15, 0.2) is 40.6 Å². The summed E-state index contributed by atoms with van der Waals surface area (Å²) >= 11 is 1.31. The highest BCUT2D eigenvalue weighted by molar-refractivity contribution is 7.89. The summed E-state index contributed by atoms with van der Waals surface area (Å²) in [5, 5.41) is 9.54. The van der Waals surface area contributed by atoms with Gasteiger partial charge in [0.25, 0.3) is 5.91 Å². The lowest BCUT2D eigenvalue weighted by Gasteiger charge is -2.08. The van der Waals surface area contributed by atoms with Crippen molar-refractivity contribution in [1.82, 2.24) is 0 Å². The van der Waals surface area contributed by atoms with Crippen LogP contribution in [-0.4, -0.2) is 14.3 Å². The quantitative estimate of drug-likeness (QED) is 0.907. The number of amides is 1. The molecule has 2 rings (SSSR count). The van der Waals surface area contributed by atoms with Gasteiger partial charge >= 0.3 is 0 Å². The number of nitrogens with two attached hydrogens (primary N) is 1. The summed E-state index contributed by atoms with van der Waals surface area (Å²) in [4.78, 5) is 12.4. The van der Waals surface area contributed by atoms with Crippen LogP contribution in [-0.2, 0) is 10.0 Å². The summed E-state index contributed by atoms with van der Waals surface area (Å²) in [6, 6.07) is 8.05. The van der Waals surface area contributed by atoms with Crippen LogP contribution in [0.4, 0.5) is 5.69 Å².